The van der Waals surface area contributed by atoms with E-state index in [0.29, 0.717) is 31.9 Å². The summed E-state index contributed by atoms with van der Waals surface area (Å²) in [5.41, 5.74) is 0.328. The molecule has 8 heteroatoms. The Labute approximate surface area is 150 Å². The van der Waals surface area contributed by atoms with Crippen LogP contribution in [0.2, 0.25) is 0 Å². The monoisotopic (exact) mass is 369 g/mol. The molecular weight excluding hydrogens is 342 g/mol. The van der Waals surface area contributed by atoms with Crippen LogP contribution in [0.4, 0.5) is 0 Å². The molecule has 0 aromatic heterocycles. The first kappa shape index (κ1) is 19.8. The van der Waals surface area contributed by atoms with Gasteiger partial charge in [-0.05, 0) is 45.1 Å². The number of benzene rings is 1. The van der Waals surface area contributed by atoms with Gasteiger partial charge in [0.15, 0.2) is 0 Å². The fraction of sp³-hybridized carbons (Fsp3) is 0.588. The molecule has 25 heavy (non-hydrogen) atoms. The van der Waals surface area contributed by atoms with E-state index >= 15 is 0 Å². The molecule has 1 fully saturated rings. The van der Waals surface area contributed by atoms with Gasteiger partial charge in [-0.15, -0.1) is 0 Å². The molecule has 1 aromatic carbocycles. The molecule has 1 aliphatic heterocycles. The highest BCUT2D eigenvalue weighted by atomic mass is 32.2. The summed E-state index contributed by atoms with van der Waals surface area (Å²) in [6.45, 7) is 4.89. The second-order valence-corrected chi connectivity index (χ2v) is 8.20. The van der Waals surface area contributed by atoms with Crippen molar-refractivity contribution in [3.63, 3.8) is 0 Å². The number of likely N-dealkylation sites (tertiary alicyclic amines) is 1. The Morgan fingerprint density at radius 2 is 2.20 bits per heavy atom. The van der Waals surface area contributed by atoms with Crippen molar-refractivity contribution in [2.24, 2.45) is 0 Å². The molecule has 1 aliphatic rings. The highest BCUT2D eigenvalue weighted by Crippen LogP contribution is 2.22. The van der Waals surface area contributed by atoms with E-state index in [-0.39, 0.29) is 16.8 Å². The van der Waals surface area contributed by atoms with Gasteiger partial charge in [0.25, 0.3) is 5.91 Å². The molecule has 0 bridgehead atoms. The molecule has 1 amide bonds. The van der Waals surface area contributed by atoms with Gasteiger partial charge in [0.05, 0.1) is 11.5 Å². The normalized spacial score (nSPS) is 18.6. The highest BCUT2D eigenvalue weighted by molar-refractivity contribution is 7.89. The van der Waals surface area contributed by atoms with E-state index in [1.807, 2.05) is 14.0 Å². The smallest absolute Gasteiger partial charge is 0.251 e. The first-order valence-corrected chi connectivity index (χ1v) is 9.93. The molecule has 7 nitrogen and oxygen atoms in total. The third-order valence-electron chi connectivity index (χ3n) is 4.39. The zero-order valence-corrected chi connectivity index (χ0v) is 15.9. The number of hydrogen-bond donors (Lipinski definition) is 1. The third kappa shape index (κ3) is 5.01. The minimum absolute atomic E-state index is 0.0429. The average molecular weight is 369 g/mol. The van der Waals surface area contributed by atoms with Gasteiger partial charge >= 0.3 is 0 Å². The van der Waals surface area contributed by atoms with E-state index in [1.165, 1.54) is 16.4 Å². The molecular formula is C17H27N3O4S. The minimum Gasteiger partial charge on any atom is -0.380 e. The number of carbonyl (C=O) groups excluding carboxylic acids is 1. The Kier molecular flexibility index (Phi) is 6.95. The molecule has 0 saturated carbocycles. The van der Waals surface area contributed by atoms with Crippen molar-refractivity contribution in [1.29, 1.82) is 0 Å². The summed E-state index contributed by atoms with van der Waals surface area (Å²) in [5, 5.41) is 2.72. The lowest BCUT2D eigenvalue weighted by Crippen LogP contribution is -2.38. The van der Waals surface area contributed by atoms with Gasteiger partial charge in [-0.2, -0.15) is 4.31 Å². The lowest BCUT2D eigenvalue weighted by Gasteiger charge is -2.24. The summed E-state index contributed by atoms with van der Waals surface area (Å²) < 4.78 is 32.3. The number of carbonyl (C=O) groups is 1. The third-order valence-corrected chi connectivity index (χ3v) is 6.30. The largest absolute Gasteiger partial charge is 0.380 e. The predicted octanol–water partition coefficient (Wildman–Crippen LogP) is 0.778. The molecule has 0 spiro atoms. The quantitative estimate of drug-likeness (QED) is 0.685. The summed E-state index contributed by atoms with van der Waals surface area (Å²) in [4.78, 5) is 14.4. The van der Waals surface area contributed by atoms with Gasteiger partial charge in [0.2, 0.25) is 10.0 Å². The topological polar surface area (TPSA) is 78.9 Å². The Morgan fingerprint density at radius 1 is 1.44 bits per heavy atom. The SMILES string of the molecule is CCOCCNC(=O)c1cccc(S(=O)(=O)N(C)C2CCN(C)C2)c1. The van der Waals surface area contributed by atoms with Gasteiger partial charge in [-0.25, -0.2) is 8.42 Å². The van der Waals surface area contributed by atoms with Gasteiger partial charge in [0, 0.05) is 38.3 Å². The van der Waals surface area contributed by atoms with E-state index < -0.39 is 10.0 Å². The maximum absolute atomic E-state index is 12.9. The van der Waals surface area contributed by atoms with Crippen molar-refractivity contribution in [1.82, 2.24) is 14.5 Å². The van der Waals surface area contributed by atoms with Gasteiger partial charge in [0.1, 0.15) is 0 Å². The maximum Gasteiger partial charge on any atom is 0.251 e. The molecule has 1 saturated heterocycles. The Hall–Kier alpha value is -1.48. The van der Waals surface area contributed by atoms with E-state index in [2.05, 4.69) is 10.2 Å². The molecule has 1 heterocycles. The Balaban J connectivity index is 2.09. The zero-order chi connectivity index (χ0) is 18.4. The predicted molar refractivity (Wildman–Crippen MR) is 96.1 cm³/mol. The fourth-order valence-electron chi connectivity index (χ4n) is 2.85. The maximum atomic E-state index is 12.9. The standard InChI is InChI=1S/C17H27N3O4S/c1-4-24-11-9-18-17(21)14-6-5-7-16(12-14)25(22,23)20(3)15-8-10-19(2)13-15/h5-7,12,15H,4,8-11,13H2,1-3H3,(H,18,21). The molecule has 0 radical (unpaired) electrons. The first-order valence-electron chi connectivity index (χ1n) is 8.49. The van der Waals surface area contributed by atoms with E-state index in [0.717, 1.165) is 13.0 Å². The van der Waals surface area contributed by atoms with Crippen LogP contribution >= 0.6 is 0 Å². The molecule has 0 aliphatic carbocycles. The molecule has 140 valence electrons. The second-order valence-electron chi connectivity index (χ2n) is 6.21. The molecule has 1 unspecified atom stereocenters. The van der Waals surface area contributed by atoms with Gasteiger partial charge < -0.3 is 15.0 Å². The average Bonchev–Trinajstić information content (AvgIpc) is 3.04. The van der Waals surface area contributed by atoms with Crippen molar-refractivity contribution in [2.75, 3.05) is 46.9 Å². The summed E-state index contributed by atoms with van der Waals surface area (Å²) >= 11 is 0. The zero-order valence-electron chi connectivity index (χ0n) is 15.1. The lowest BCUT2D eigenvalue weighted by molar-refractivity contribution is 0.0922. The van der Waals surface area contributed by atoms with Crippen molar-refractivity contribution in [3.05, 3.63) is 29.8 Å². The van der Waals surface area contributed by atoms with E-state index in [1.54, 1.807) is 19.2 Å². The number of nitrogens with one attached hydrogen (secondary N) is 1. The number of amides is 1. The Bertz CT molecular complexity index is 693. The van der Waals surface area contributed by atoms with Crippen molar-refractivity contribution >= 4 is 15.9 Å². The van der Waals surface area contributed by atoms with Crippen molar-refractivity contribution in [2.45, 2.75) is 24.3 Å². The lowest BCUT2D eigenvalue weighted by atomic mass is 10.2. The number of nitrogens with zero attached hydrogens (tertiary/aromatic N) is 2. The van der Waals surface area contributed by atoms with Crippen LogP contribution in [-0.2, 0) is 14.8 Å². The number of sulfonamides is 1. The molecule has 1 atom stereocenters. The molecule has 1 N–H and O–H groups in total. The van der Waals surface area contributed by atoms with Crippen LogP contribution in [0.3, 0.4) is 0 Å². The van der Waals surface area contributed by atoms with Crippen LogP contribution in [0, 0.1) is 0 Å². The first-order chi connectivity index (χ1) is 11.9. The van der Waals surface area contributed by atoms with Crippen LogP contribution in [0.15, 0.2) is 29.2 Å². The number of likely N-dealkylation sites (N-methyl/N-ethyl adjacent to an activating group) is 2. The van der Waals surface area contributed by atoms with E-state index in [4.69, 9.17) is 4.74 Å². The van der Waals surface area contributed by atoms with Gasteiger partial charge in [-0.1, -0.05) is 6.07 Å². The Morgan fingerprint density at radius 3 is 2.84 bits per heavy atom. The summed E-state index contributed by atoms with van der Waals surface area (Å²) in [5.74, 6) is -0.306. The second kappa shape index (κ2) is 8.75. The molecule has 1 aromatic rings. The highest BCUT2D eigenvalue weighted by Gasteiger charge is 2.32. The fourth-order valence-corrected chi connectivity index (χ4v) is 4.28. The van der Waals surface area contributed by atoms with Crippen LogP contribution in [0.5, 0.6) is 0 Å². The summed E-state index contributed by atoms with van der Waals surface area (Å²) in [7, 11) is -0.0440. The van der Waals surface area contributed by atoms with Crippen LogP contribution in [0.25, 0.3) is 0 Å². The van der Waals surface area contributed by atoms with Crippen LogP contribution < -0.4 is 5.32 Å². The van der Waals surface area contributed by atoms with Crippen molar-refractivity contribution in [3.8, 4) is 0 Å². The summed E-state index contributed by atoms with van der Waals surface area (Å²) in [6, 6.07) is 6.12. The van der Waals surface area contributed by atoms with E-state index in [9.17, 15) is 13.2 Å². The molecule has 2 rings (SSSR count). The van der Waals surface area contributed by atoms with Crippen LogP contribution in [0.1, 0.15) is 23.7 Å². The number of rotatable bonds is 8. The number of hydrogen-bond acceptors (Lipinski definition) is 5. The van der Waals surface area contributed by atoms with Gasteiger partial charge in [-0.3, -0.25) is 4.79 Å². The van der Waals surface area contributed by atoms with Crippen molar-refractivity contribution < 1.29 is 17.9 Å². The van der Waals surface area contributed by atoms with Crippen LogP contribution in [-0.4, -0.2) is 76.5 Å². The summed E-state index contributed by atoms with van der Waals surface area (Å²) in [6.07, 6.45) is 0.809. The number of ether oxygens (including phenoxy) is 1. The minimum atomic E-state index is -3.63.